The van der Waals surface area contributed by atoms with Crippen LogP contribution in [0.25, 0.3) is 27.8 Å². The Kier molecular flexibility index (Phi) is 8.53. The first-order valence-electron chi connectivity index (χ1n) is 15.3. The summed E-state index contributed by atoms with van der Waals surface area (Å²) in [4.78, 5) is 20.9. The number of ether oxygens (including phenoxy) is 1. The average molecular weight is 552 g/mol. The number of esters is 1. The monoisotopic (exact) mass is 551 g/mol. The van der Waals surface area contributed by atoms with Crippen LogP contribution >= 0.6 is 0 Å². The van der Waals surface area contributed by atoms with E-state index >= 15 is 0 Å². The molecule has 5 heteroatoms. The summed E-state index contributed by atoms with van der Waals surface area (Å²) in [6.45, 7) is 13.4. The SMILES string of the molecule is CCC(C)C1CCCCN(c2ccc3ncn(-c4c(C(C)(C)C)ccc(-c5ccccc5)c4C(=O)OC)c3c2)CC1. The van der Waals surface area contributed by atoms with E-state index in [4.69, 9.17) is 9.72 Å². The van der Waals surface area contributed by atoms with Crippen molar-refractivity contribution in [3.05, 3.63) is 78.1 Å². The van der Waals surface area contributed by atoms with Crippen molar-refractivity contribution in [2.75, 3.05) is 25.1 Å². The van der Waals surface area contributed by atoms with E-state index in [0.29, 0.717) is 5.56 Å². The molecule has 5 rings (SSSR count). The van der Waals surface area contributed by atoms with Crippen LogP contribution in [0.3, 0.4) is 0 Å². The summed E-state index contributed by atoms with van der Waals surface area (Å²) in [5, 5.41) is 0. The second-order valence-corrected chi connectivity index (χ2v) is 12.7. The minimum atomic E-state index is -0.345. The predicted octanol–water partition coefficient (Wildman–Crippen LogP) is 8.82. The van der Waals surface area contributed by atoms with Gasteiger partial charge in [0.05, 0.1) is 29.4 Å². The number of methoxy groups -OCH3 is 1. The number of carbonyl (C=O) groups excluding carboxylic acids is 1. The van der Waals surface area contributed by atoms with Crippen molar-refractivity contribution in [2.24, 2.45) is 11.8 Å². The molecule has 3 aromatic carbocycles. The van der Waals surface area contributed by atoms with Gasteiger partial charge in [0, 0.05) is 18.8 Å². The van der Waals surface area contributed by atoms with Gasteiger partial charge in [-0.1, -0.05) is 96.3 Å². The maximum atomic E-state index is 13.6. The van der Waals surface area contributed by atoms with Gasteiger partial charge in [0.25, 0.3) is 0 Å². The van der Waals surface area contributed by atoms with Gasteiger partial charge < -0.3 is 9.64 Å². The second-order valence-electron chi connectivity index (χ2n) is 12.7. The number of rotatable bonds is 6. The van der Waals surface area contributed by atoms with Crippen molar-refractivity contribution in [3.63, 3.8) is 0 Å². The number of carbonyl (C=O) groups is 1. The molecule has 2 atom stereocenters. The Hall–Kier alpha value is -3.60. The molecule has 1 saturated heterocycles. The van der Waals surface area contributed by atoms with Crippen LogP contribution < -0.4 is 4.90 Å². The lowest BCUT2D eigenvalue weighted by atomic mass is 9.82. The van der Waals surface area contributed by atoms with Crippen LogP contribution in [0.1, 0.15) is 82.6 Å². The molecular formula is C36H45N3O2. The summed E-state index contributed by atoms with van der Waals surface area (Å²) in [6, 6.07) is 20.9. The van der Waals surface area contributed by atoms with E-state index < -0.39 is 0 Å². The van der Waals surface area contributed by atoms with Gasteiger partial charge in [-0.25, -0.2) is 9.78 Å². The number of fused-ring (bicyclic) bond motifs is 1. The molecule has 1 fully saturated rings. The summed E-state index contributed by atoms with van der Waals surface area (Å²) in [6.07, 6.45) is 8.19. The molecule has 1 aromatic heterocycles. The lowest BCUT2D eigenvalue weighted by molar-refractivity contribution is 0.0601. The van der Waals surface area contributed by atoms with Crippen molar-refractivity contribution < 1.29 is 9.53 Å². The van der Waals surface area contributed by atoms with Crippen molar-refractivity contribution in [1.29, 1.82) is 0 Å². The van der Waals surface area contributed by atoms with Crippen LogP contribution in [0.4, 0.5) is 5.69 Å². The number of nitrogens with zero attached hydrogens (tertiary/aromatic N) is 3. The number of benzene rings is 3. The van der Waals surface area contributed by atoms with Crippen molar-refractivity contribution >= 4 is 22.7 Å². The van der Waals surface area contributed by atoms with Crippen LogP contribution in [-0.2, 0) is 10.2 Å². The van der Waals surface area contributed by atoms with Gasteiger partial charge in [-0.05, 0) is 65.0 Å². The van der Waals surface area contributed by atoms with Gasteiger partial charge in [0.1, 0.15) is 6.33 Å². The minimum absolute atomic E-state index is 0.213. The van der Waals surface area contributed by atoms with Gasteiger partial charge in [-0.3, -0.25) is 4.57 Å². The Morgan fingerprint density at radius 3 is 2.51 bits per heavy atom. The fourth-order valence-corrected chi connectivity index (χ4v) is 6.43. The first-order valence-corrected chi connectivity index (χ1v) is 15.3. The maximum absolute atomic E-state index is 13.6. The zero-order valence-corrected chi connectivity index (χ0v) is 25.6. The summed E-state index contributed by atoms with van der Waals surface area (Å²) in [5.74, 6) is 1.21. The normalized spacial score (nSPS) is 17.2. The highest BCUT2D eigenvalue weighted by molar-refractivity contribution is 6.02. The molecule has 216 valence electrons. The highest BCUT2D eigenvalue weighted by Crippen LogP contribution is 2.39. The van der Waals surface area contributed by atoms with Gasteiger partial charge in [-0.15, -0.1) is 0 Å². The largest absolute Gasteiger partial charge is 0.465 e. The molecule has 41 heavy (non-hydrogen) atoms. The lowest BCUT2D eigenvalue weighted by Gasteiger charge is -2.32. The third kappa shape index (κ3) is 5.91. The molecule has 0 aliphatic carbocycles. The molecule has 0 bridgehead atoms. The van der Waals surface area contributed by atoms with Crippen LogP contribution in [0, 0.1) is 11.8 Å². The molecule has 1 aliphatic rings. The average Bonchev–Trinajstić information content (AvgIpc) is 3.38. The Labute approximate surface area is 245 Å². The van der Waals surface area contributed by atoms with E-state index in [1.165, 1.54) is 44.9 Å². The van der Waals surface area contributed by atoms with E-state index in [1.54, 1.807) is 0 Å². The van der Waals surface area contributed by atoms with E-state index in [1.807, 2.05) is 36.7 Å². The molecular weight excluding hydrogens is 506 g/mol. The standard InChI is InChI=1S/C36H45N3O2/c1-7-25(2)26-13-11-12-21-38(22-20-26)28-16-19-31-32(23-28)39(24-37-31)34-30(36(3,4)5)18-17-29(33(34)35(40)41-6)27-14-9-8-10-15-27/h8-10,14-19,23-26H,7,11-13,20-22H2,1-6H3. The predicted molar refractivity (Wildman–Crippen MR) is 170 cm³/mol. The topological polar surface area (TPSA) is 47.4 Å². The molecule has 0 spiro atoms. The van der Waals surface area contributed by atoms with Gasteiger partial charge in [0.15, 0.2) is 0 Å². The Bertz CT molecular complexity index is 1500. The quantitative estimate of drug-likeness (QED) is 0.225. The van der Waals surface area contributed by atoms with Crippen LogP contribution in [-0.4, -0.2) is 35.7 Å². The molecule has 1 aliphatic heterocycles. The van der Waals surface area contributed by atoms with Crippen molar-refractivity contribution in [2.45, 2.75) is 72.1 Å². The molecule has 0 N–H and O–H groups in total. The fourth-order valence-electron chi connectivity index (χ4n) is 6.43. The molecule has 5 nitrogen and oxygen atoms in total. The molecule has 2 unspecified atom stereocenters. The van der Waals surface area contributed by atoms with Gasteiger partial charge >= 0.3 is 5.97 Å². The van der Waals surface area contributed by atoms with E-state index in [2.05, 4.69) is 74.4 Å². The van der Waals surface area contributed by atoms with Crippen LogP contribution in [0.5, 0.6) is 0 Å². The minimum Gasteiger partial charge on any atom is -0.465 e. The highest BCUT2D eigenvalue weighted by atomic mass is 16.5. The molecule has 2 heterocycles. The highest BCUT2D eigenvalue weighted by Gasteiger charge is 2.29. The fraction of sp³-hybridized carbons (Fsp3) is 0.444. The number of imidazole rings is 1. The Morgan fingerprint density at radius 2 is 1.80 bits per heavy atom. The second kappa shape index (κ2) is 12.1. The lowest BCUT2D eigenvalue weighted by Crippen LogP contribution is -2.30. The van der Waals surface area contributed by atoms with Crippen LogP contribution in [0.15, 0.2) is 67.0 Å². The Morgan fingerprint density at radius 1 is 1.02 bits per heavy atom. The van der Waals surface area contributed by atoms with Crippen molar-refractivity contribution in [3.8, 4) is 16.8 Å². The number of hydrogen-bond donors (Lipinski definition) is 0. The number of anilines is 1. The third-order valence-electron chi connectivity index (χ3n) is 9.07. The molecule has 0 amide bonds. The molecule has 4 aromatic rings. The first kappa shape index (κ1) is 28.9. The summed E-state index contributed by atoms with van der Waals surface area (Å²) in [5.41, 5.74) is 7.26. The van der Waals surface area contributed by atoms with E-state index in [0.717, 1.165) is 58.3 Å². The van der Waals surface area contributed by atoms with Gasteiger partial charge in [0.2, 0.25) is 0 Å². The van der Waals surface area contributed by atoms with E-state index in [-0.39, 0.29) is 11.4 Å². The zero-order valence-electron chi connectivity index (χ0n) is 25.6. The smallest absolute Gasteiger partial charge is 0.340 e. The maximum Gasteiger partial charge on any atom is 0.340 e. The molecule has 0 radical (unpaired) electrons. The van der Waals surface area contributed by atoms with Crippen LogP contribution in [0.2, 0.25) is 0 Å². The summed E-state index contributed by atoms with van der Waals surface area (Å²) in [7, 11) is 1.46. The Balaban J connectivity index is 1.67. The molecule has 0 saturated carbocycles. The van der Waals surface area contributed by atoms with Crippen molar-refractivity contribution in [1.82, 2.24) is 9.55 Å². The third-order valence-corrected chi connectivity index (χ3v) is 9.07. The number of hydrogen-bond acceptors (Lipinski definition) is 4. The zero-order chi connectivity index (χ0) is 29.1. The summed E-state index contributed by atoms with van der Waals surface area (Å²) >= 11 is 0. The van der Waals surface area contributed by atoms with Gasteiger partial charge in [-0.2, -0.15) is 0 Å². The van der Waals surface area contributed by atoms with E-state index in [9.17, 15) is 4.79 Å². The number of aromatic nitrogens is 2. The first-order chi connectivity index (χ1) is 19.7. The summed E-state index contributed by atoms with van der Waals surface area (Å²) < 4.78 is 7.53.